The standard InChI is InChI=1S/C10H16N2O2S/c1-7(2)12(4-5-13)10(14)9-6-11-8(3)15-9/h6-7,13H,4-5H2,1-3H3. The highest BCUT2D eigenvalue weighted by atomic mass is 32.1. The van der Waals surface area contributed by atoms with Crippen molar-refractivity contribution in [2.45, 2.75) is 26.8 Å². The molecule has 0 aliphatic rings. The molecule has 5 heteroatoms. The number of hydrogen-bond donors (Lipinski definition) is 1. The molecule has 1 heterocycles. The van der Waals surface area contributed by atoms with Crippen LogP contribution in [0.2, 0.25) is 0 Å². The number of aliphatic hydroxyl groups excluding tert-OH is 1. The van der Waals surface area contributed by atoms with Crippen molar-refractivity contribution in [3.05, 3.63) is 16.1 Å². The fraction of sp³-hybridized carbons (Fsp3) is 0.600. The Morgan fingerprint density at radius 3 is 2.73 bits per heavy atom. The van der Waals surface area contributed by atoms with Crippen molar-refractivity contribution in [2.24, 2.45) is 0 Å². The van der Waals surface area contributed by atoms with E-state index in [9.17, 15) is 4.79 Å². The summed E-state index contributed by atoms with van der Waals surface area (Å²) < 4.78 is 0. The molecule has 0 saturated heterocycles. The third kappa shape index (κ3) is 3.00. The van der Waals surface area contributed by atoms with Crippen molar-refractivity contribution in [2.75, 3.05) is 13.2 Å². The number of thiazole rings is 1. The Labute approximate surface area is 93.6 Å². The average Bonchev–Trinajstić information content (AvgIpc) is 2.59. The van der Waals surface area contributed by atoms with Crippen molar-refractivity contribution < 1.29 is 9.90 Å². The number of carbonyl (C=O) groups excluding carboxylic acids is 1. The van der Waals surface area contributed by atoms with Crippen molar-refractivity contribution >= 4 is 17.2 Å². The molecule has 0 saturated carbocycles. The predicted molar refractivity (Wildman–Crippen MR) is 60.1 cm³/mol. The molecule has 0 radical (unpaired) electrons. The Bertz CT molecular complexity index is 336. The van der Waals surface area contributed by atoms with E-state index in [2.05, 4.69) is 4.98 Å². The summed E-state index contributed by atoms with van der Waals surface area (Å²) in [6.07, 6.45) is 1.59. The monoisotopic (exact) mass is 228 g/mol. The van der Waals surface area contributed by atoms with Gasteiger partial charge in [-0.3, -0.25) is 4.79 Å². The lowest BCUT2D eigenvalue weighted by molar-refractivity contribution is 0.0670. The van der Waals surface area contributed by atoms with E-state index in [0.717, 1.165) is 5.01 Å². The van der Waals surface area contributed by atoms with E-state index >= 15 is 0 Å². The quantitative estimate of drug-likeness (QED) is 0.845. The Morgan fingerprint density at radius 2 is 2.33 bits per heavy atom. The molecular formula is C10H16N2O2S. The number of aryl methyl sites for hydroxylation is 1. The first-order chi connectivity index (χ1) is 7.06. The zero-order valence-electron chi connectivity index (χ0n) is 9.23. The second-order valence-electron chi connectivity index (χ2n) is 3.56. The molecule has 0 spiro atoms. The third-order valence-electron chi connectivity index (χ3n) is 2.06. The molecule has 0 fully saturated rings. The minimum absolute atomic E-state index is 0.0122. The highest BCUT2D eigenvalue weighted by molar-refractivity contribution is 7.13. The van der Waals surface area contributed by atoms with Gasteiger partial charge in [0, 0.05) is 12.6 Å². The van der Waals surface area contributed by atoms with Gasteiger partial charge in [0.2, 0.25) is 0 Å². The first-order valence-corrected chi connectivity index (χ1v) is 5.72. The van der Waals surface area contributed by atoms with Crippen LogP contribution in [-0.2, 0) is 0 Å². The van der Waals surface area contributed by atoms with Gasteiger partial charge in [-0.2, -0.15) is 0 Å². The fourth-order valence-corrected chi connectivity index (χ4v) is 2.04. The largest absolute Gasteiger partial charge is 0.395 e. The van der Waals surface area contributed by atoms with Gasteiger partial charge in [-0.1, -0.05) is 0 Å². The number of rotatable bonds is 4. The Hall–Kier alpha value is -0.940. The topological polar surface area (TPSA) is 53.4 Å². The van der Waals surface area contributed by atoms with E-state index in [-0.39, 0.29) is 18.6 Å². The van der Waals surface area contributed by atoms with Crippen LogP contribution in [-0.4, -0.2) is 40.1 Å². The SMILES string of the molecule is Cc1ncc(C(=O)N(CCO)C(C)C)s1. The molecule has 15 heavy (non-hydrogen) atoms. The van der Waals surface area contributed by atoms with Crippen LogP contribution in [0, 0.1) is 6.92 Å². The van der Waals surface area contributed by atoms with E-state index in [1.807, 2.05) is 20.8 Å². The smallest absolute Gasteiger partial charge is 0.265 e. The third-order valence-corrected chi connectivity index (χ3v) is 2.96. The van der Waals surface area contributed by atoms with Gasteiger partial charge in [-0.05, 0) is 20.8 Å². The van der Waals surface area contributed by atoms with E-state index in [4.69, 9.17) is 5.11 Å². The van der Waals surface area contributed by atoms with Crippen LogP contribution < -0.4 is 0 Å². The molecule has 0 bridgehead atoms. The molecule has 4 nitrogen and oxygen atoms in total. The molecule has 0 aromatic carbocycles. The molecule has 0 aliphatic carbocycles. The lowest BCUT2D eigenvalue weighted by Crippen LogP contribution is -2.38. The second kappa shape index (κ2) is 5.23. The first-order valence-electron chi connectivity index (χ1n) is 4.90. The first kappa shape index (κ1) is 12.1. The average molecular weight is 228 g/mol. The Balaban J connectivity index is 2.80. The van der Waals surface area contributed by atoms with Crippen LogP contribution in [0.25, 0.3) is 0 Å². The number of hydrogen-bond acceptors (Lipinski definition) is 4. The summed E-state index contributed by atoms with van der Waals surface area (Å²) in [4.78, 5) is 18.3. The van der Waals surface area contributed by atoms with Crippen LogP contribution in [0.3, 0.4) is 0 Å². The maximum absolute atomic E-state index is 12.0. The molecule has 1 N–H and O–H groups in total. The van der Waals surface area contributed by atoms with Crippen LogP contribution in [0.1, 0.15) is 28.5 Å². The van der Waals surface area contributed by atoms with E-state index in [1.54, 1.807) is 11.1 Å². The zero-order valence-corrected chi connectivity index (χ0v) is 10.0. The van der Waals surface area contributed by atoms with Crippen LogP contribution in [0.5, 0.6) is 0 Å². The van der Waals surface area contributed by atoms with E-state index < -0.39 is 0 Å². The number of amides is 1. The van der Waals surface area contributed by atoms with Crippen molar-refractivity contribution in [1.82, 2.24) is 9.88 Å². The highest BCUT2D eigenvalue weighted by Gasteiger charge is 2.19. The van der Waals surface area contributed by atoms with Crippen LogP contribution in [0.4, 0.5) is 0 Å². The van der Waals surface area contributed by atoms with E-state index in [1.165, 1.54) is 11.3 Å². The summed E-state index contributed by atoms with van der Waals surface area (Å²) >= 11 is 1.38. The maximum Gasteiger partial charge on any atom is 0.265 e. The molecule has 1 aromatic heterocycles. The normalized spacial score (nSPS) is 10.7. The summed E-state index contributed by atoms with van der Waals surface area (Å²) in [6.45, 7) is 6.09. The van der Waals surface area contributed by atoms with Crippen LogP contribution in [0.15, 0.2) is 6.20 Å². The molecule has 0 unspecified atom stereocenters. The fourth-order valence-electron chi connectivity index (χ4n) is 1.30. The molecule has 0 aliphatic heterocycles. The summed E-state index contributed by atoms with van der Waals surface area (Å²) in [5.74, 6) is -0.0512. The maximum atomic E-state index is 12.0. The van der Waals surface area contributed by atoms with Gasteiger partial charge in [-0.25, -0.2) is 4.98 Å². The lowest BCUT2D eigenvalue weighted by Gasteiger charge is -2.25. The van der Waals surface area contributed by atoms with Gasteiger partial charge in [-0.15, -0.1) is 11.3 Å². The molecule has 1 amide bonds. The summed E-state index contributed by atoms with van der Waals surface area (Å²) in [6, 6.07) is 0.0899. The van der Waals surface area contributed by atoms with Gasteiger partial charge in [0.1, 0.15) is 4.88 Å². The second-order valence-corrected chi connectivity index (χ2v) is 4.79. The number of nitrogens with zero attached hydrogens (tertiary/aromatic N) is 2. The van der Waals surface area contributed by atoms with Crippen molar-refractivity contribution in [1.29, 1.82) is 0 Å². The Morgan fingerprint density at radius 1 is 1.67 bits per heavy atom. The van der Waals surface area contributed by atoms with Crippen molar-refractivity contribution in [3.8, 4) is 0 Å². The Kier molecular flexibility index (Phi) is 4.23. The zero-order chi connectivity index (χ0) is 11.4. The molecular weight excluding hydrogens is 212 g/mol. The molecule has 84 valence electrons. The number of aromatic nitrogens is 1. The summed E-state index contributed by atoms with van der Waals surface area (Å²) in [7, 11) is 0. The molecule has 1 aromatic rings. The highest BCUT2D eigenvalue weighted by Crippen LogP contribution is 2.15. The molecule has 0 atom stereocenters. The lowest BCUT2D eigenvalue weighted by atomic mass is 10.3. The molecule has 1 rings (SSSR count). The van der Waals surface area contributed by atoms with Gasteiger partial charge in [0.25, 0.3) is 5.91 Å². The van der Waals surface area contributed by atoms with Gasteiger partial charge < -0.3 is 10.0 Å². The summed E-state index contributed by atoms with van der Waals surface area (Å²) in [5, 5.41) is 9.76. The van der Waals surface area contributed by atoms with Crippen molar-refractivity contribution in [3.63, 3.8) is 0 Å². The number of aliphatic hydroxyl groups is 1. The van der Waals surface area contributed by atoms with Gasteiger partial charge >= 0.3 is 0 Å². The van der Waals surface area contributed by atoms with Crippen LogP contribution >= 0.6 is 11.3 Å². The van der Waals surface area contributed by atoms with E-state index in [0.29, 0.717) is 11.4 Å². The summed E-state index contributed by atoms with van der Waals surface area (Å²) in [5.41, 5.74) is 0. The van der Waals surface area contributed by atoms with Gasteiger partial charge in [0.05, 0.1) is 17.8 Å². The van der Waals surface area contributed by atoms with Gasteiger partial charge in [0.15, 0.2) is 0 Å². The minimum atomic E-state index is -0.0512. The number of carbonyl (C=O) groups is 1. The predicted octanol–water partition coefficient (Wildman–Crippen LogP) is 1.29. The minimum Gasteiger partial charge on any atom is -0.395 e.